The maximum absolute atomic E-state index is 5.38. The Hall–Kier alpha value is -1.02. The van der Waals surface area contributed by atoms with E-state index >= 15 is 0 Å². The van der Waals surface area contributed by atoms with Crippen LogP contribution in [0.4, 0.5) is 0 Å². The van der Waals surface area contributed by atoms with E-state index in [-0.39, 0.29) is 0 Å². The van der Waals surface area contributed by atoms with Gasteiger partial charge < -0.3 is 10.1 Å². The third-order valence-electron chi connectivity index (χ3n) is 3.37. The van der Waals surface area contributed by atoms with Crippen LogP contribution in [0.1, 0.15) is 36.8 Å². The van der Waals surface area contributed by atoms with E-state index in [0.717, 1.165) is 12.3 Å². The highest BCUT2D eigenvalue weighted by Gasteiger charge is 2.14. The zero-order valence-electron chi connectivity index (χ0n) is 10.3. The molecule has 0 heterocycles. The maximum Gasteiger partial charge on any atom is 0.123 e. The first-order valence-electron chi connectivity index (χ1n) is 6.16. The molecule has 0 unspecified atom stereocenters. The number of rotatable bonds is 4. The topological polar surface area (TPSA) is 21.3 Å². The van der Waals surface area contributed by atoms with Crippen LogP contribution in [0.15, 0.2) is 18.2 Å². The maximum atomic E-state index is 5.38. The molecule has 2 heteroatoms. The fourth-order valence-electron chi connectivity index (χ4n) is 2.43. The number of hydrogen-bond donors (Lipinski definition) is 1. The van der Waals surface area contributed by atoms with Crippen LogP contribution in [0.5, 0.6) is 5.75 Å². The lowest BCUT2D eigenvalue weighted by molar-refractivity contribution is 0.405. The predicted molar refractivity (Wildman–Crippen MR) is 66.8 cm³/mol. The summed E-state index contributed by atoms with van der Waals surface area (Å²) in [4.78, 5) is 0. The van der Waals surface area contributed by atoms with E-state index in [2.05, 4.69) is 30.4 Å². The van der Waals surface area contributed by atoms with Gasteiger partial charge in [-0.15, -0.1) is 0 Å². The molecule has 1 aromatic rings. The number of hydrogen-bond acceptors (Lipinski definition) is 2. The largest absolute Gasteiger partial charge is 0.496 e. The minimum absolute atomic E-state index is 0.713. The molecule has 2 nitrogen and oxygen atoms in total. The second kappa shape index (κ2) is 5.35. The van der Waals surface area contributed by atoms with Crippen LogP contribution in [0.25, 0.3) is 0 Å². The quantitative estimate of drug-likeness (QED) is 0.840. The summed E-state index contributed by atoms with van der Waals surface area (Å²) in [7, 11) is 1.74. The van der Waals surface area contributed by atoms with Crippen LogP contribution in [0.3, 0.4) is 0 Å². The van der Waals surface area contributed by atoms with Crippen molar-refractivity contribution in [1.82, 2.24) is 5.32 Å². The van der Waals surface area contributed by atoms with E-state index in [9.17, 15) is 0 Å². The monoisotopic (exact) mass is 219 g/mol. The van der Waals surface area contributed by atoms with Crippen molar-refractivity contribution in [2.24, 2.45) is 0 Å². The summed E-state index contributed by atoms with van der Waals surface area (Å²) in [6.07, 6.45) is 5.41. The molecule has 0 bridgehead atoms. The third-order valence-corrected chi connectivity index (χ3v) is 3.37. The van der Waals surface area contributed by atoms with Gasteiger partial charge in [0.2, 0.25) is 0 Å². The van der Waals surface area contributed by atoms with Gasteiger partial charge in [-0.25, -0.2) is 0 Å². The molecule has 88 valence electrons. The highest BCUT2D eigenvalue weighted by atomic mass is 16.5. The van der Waals surface area contributed by atoms with Gasteiger partial charge in [0.15, 0.2) is 0 Å². The number of nitrogens with one attached hydrogen (secondary N) is 1. The van der Waals surface area contributed by atoms with Crippen molar-refractivity contribution >= 4 is 0 Å². The van der Waals surface area contributed by atoms with Gasteiger partial charge in [0.25, 0.3) is 0 Å². The molecule has 1 aromatic carbocycles. The van der Waals surface area contributed by atoms with E-state index < -0.39 is 0 Å². The Morgan fingerprint density at radius 3 is 2.75 bits per heavy atom. The van der Waals surface area contributed by atoms with Crippen molar-refractivity contribution < 1.29 is 4.74 Å². The second-order valence-corrected chi connectivity index (χ2v) is 4.68. The minimum atomic E-state index is 0.713. The summed E-state index contributed by atoms with van der Waals surface area (Å²) in [5, 5.41) is 3.62. The Labute approximate surface area is 98.0 Å². The van der Waals surface area contributed by atoms with Crippen LogP contribution < -0.4 is 10.1 Å². The number of aryl methyl sites for hydroxylation is 1. The summed E-state index contributed by atoms with van der Waals surface area (Å²) in [5.74, 6) is 0.996. The SMILES string of the molecule is COc1ccc(C)cc1CNC1CCCC1. The molecule has 1 saturated carbocycles. The van der Waals surface area contributed by atoms with Crippen LogP contribution in [-0.4, -0.2) is 13.2 Å². The first kappa shape index (κ1) is 11.5. The highest BCUT2D eigenvalue weighted by Crippen LogP contribution is 2.22. The molecular formula is C14H21NO. The highest BCUT2D eigenvalue weighted by molar-refractivity contribution is 5.36. The summed E-state index contributed by atoms with van der Waals surface area (Å²) in [6, 6.07) is 7.07. The lowest BCUT2D eigenvalue weighted by Crippen LogP contribution is -2.25. The third kappa shape index (κ3) is 2.76. The minimum Gasteiger partial charge on any atom is -0.496 e. The number of methoxy groups -OCH3 is 1. The van der Waals surface area contributed by atoms with Crippen molar-refractivity contribution in [2.75, 3.05) is 7.11 Å². The van der Waals surface area contributed by atoms with Gasteiger partial charge in [0, 0.05) is 18.2 Å². The van der Waals surface area contributed by atoms with E-state index in [1.54, 1.807) is 7.11 Å². The van der Waals surface area contributed by atoms with Crippen LogP contribution in [-0.2, 0) is 6.54 Å². The summed E-state index contributed by atoms with van der Waals surface area (Å²) < 4.78 is 5.38. The molecule has 0 aliphatic heterocycles. The van der Waals surface area contributed by atoms with Crippen LogP contribution in [0.2, 0.25) is 0 Å². The van der Waals surface area contributed by atoms with Gasteiger partial charge in [-0.1, -0.05) is 30.5 Å². The second-order valence-electron chi connectivity index (χ2n) is 4.68. The average Bonchev–Trinajstić information content (AvgIpc) is 2.79. The van der Waals surface area contributed by atoms with Gasteiger partial charge in [0.05, 0.1) is 7.11 Å². The van der Waals surface area contributed by atoms with E-state index in [1.165, 1.54) is 36.8 Å². The van der Waals surface area contributed by atoms with Gasteiger partial charge in [-0.3, -0.25) is 0 Å². The first-order chi connectivity index (χ1) is 7.79. The fraction of sp³-hybridized carbons (Fsp3) is 0.571. The molecule has 0 atom stereocenters. The Morgan fingerprint density at radius 1 is 1.31 bits per heavy atom. The Balaban J connectivity index is 1.98. The number of benzene rings is 1. The molecular weight excluding hydrogens is 198 g/mol. The number of ether oxygens (including phenoxy) is 1. The Kier molecular flexibility index (Phi) is 3.83. The van der Waals surface area contributed by atoms with Crippen molar-refractivity contribution in [3.05, 3.63) is 29.3 Å². The molecule has 0 amide bonds. The fourth-order valence-corrected chi connectivity index (χ4v) is 2.43. The molecule has 1 aliphatic carbocycles. The first-order valence-corrected chi connectivity index (χ1v) is 6.16. The molecule has 1 fully saturated rings. The molecule has 16 heavy (non-hydrogen) atoms. The van der Waals surface area contributed by atoms with Gasteiger partial charge in [0.1, 0.15) is 5.75 Å². The van der Waals surface area contributed by atoms with Crippen molar-refractivity contribution in [2.45, 2.75) is 45.2 Å². The lowest BCUT2D eigenvalue weighted by Gasteiger charge is -2.14. The van der Waals surface area contributed by atoms with Gasteiger partial charge >= 0.3 is 0 Å². The molecule has 0 radical (unpaired) electrons. The summed E-state index contributed by atoms with van der Waals surface area (Å²) in [5.41, 5.74) is 2.57. The van der Waals surface area contributed by atoms with E-state index in [0.29, 0.717) is 6.04 Å². The van der Waals surface area contributed by atoms with Gasteiger partial charge in [-0.2, -0.15) is 0 Å². The molecule has 1 aliphatic rings. The van der Waals surface area contributed by atoms with Crippen LogP contribution >= 0.6 is 0 Å². The van der Waals surface area contributed by atoms with Gasteiger partial charge in [-0.05, 0) is 25.8 Å². The molecule has 0 saturated heterocycles. The molecule has 0 aromatic heterocycles. The van der Waals surface area contributed by atoms with Crippen molar-refractivity contribution in [3.63, 3.8) is 0 Å². The van der Waals surface area contributed by atoms with Crippen LogP contribution in [0, 0.1) is 6.92 Å². The molecule has 0 spiro atoms. The smallest absolute Gasteiger partial charge is 0.123 e. The summed E-state index contributed by atoms with van der Waals surface area (Å²) >= 11 is 0. The zero-order valence-corrected chi connectivity index (χ0v) is 10.3. The average molecular weight is 219 g/mol. The molecule has 1 N–H and O–H groups in total. The Morgan fingerprint density at radius 2 is 2.06 bits per heavy atom. The standard InChI is InChI=1S/C14H21NO/c1-11-7-8-14(16-2)12(9-11)10-15-13-5-3-4-6-13/h7-9,13,15H,3-6,10H2,1-2H3. The normalized spacial score (nSPS) is 16.6. The Bertz CT molecular complexity index is 343. The van der Waals surface area contributed by atoms with Crippen molar-refractivity contribution in [1.29, 1.82) is 0 Å². The lowest BCUT2D eigenvalue weighted by atomic mass is 10.1. The predicted octanol–water partition coefficient (Wildman–Crippen LogP) is 3.04. The zero-order chi connectivity index (χ0) is 11.4. The van der Waals surface area contributed by atoms with E-state index in [4.69, 9.17) is 4.74 Å². The van der Waals surface area contributed by atoms with E-state index in [1.807, 2.05) is 0 Å². The van der Waals surface area contributed by atoms with Crippen molar-refractivity contribution in [3.8, 4) is 5.75 Å². The summed E-state index contributed by atoms with van der Waals surface area (Å²) in [6.45, 7) is 3.05. The molecule has 2 rings (SSSR count).